The number of ether oxygens (including phenoxy) is 2. The minimum absolute atomic E-state index is 0.196. The lowest BCUT2D eigenvalue weighted by molar-refractivity contribution is -0.123. The van der Waals surface area contributed by atoms with Crippen LogP contribution in [-0.2, 0) is 11.4 Å². The highest BCUT2D eigenvalue weighted by atomic mass is 35.5. The van der Waals surface area contributed by atoms with E-state index in [2.05, 4.69) is 10.5 Å². The molecule has 8 heteroatoms. The zero-order valence-corrected chi connectivity index (χ0v) is 21.7. The fourth-order valence-corrected chi connectivity index (χ4v) is 3.96. The van der Waals surface area contributed by atoms with Gasteiger partial charge in [-0.1, -0.05) is 66.2 Å². The van der Waals surface area contributed by atoms with E-state index in [0.29, 0.717) is 23.1 Å². The summed E-state index contributed by atoms with van der Waals surface area (Å²) in [6.07, 6.45) is 3.43. The molecule has 1 amide bonds. The lowest BCUT2D eigenvalue weighted by Crippen LogP contribution is -2.24. The summed E-state index contributed by atoms with van der Waals surface area (Å²) in [5, 5.41) is 9.46. The van der Waals surface area contributed by atoms with Crippen molar-refractivity contribution in [1.29, 1.82) is 0 Å². The van der Waals surface area contributed by atoms with Crippen molar-refractivity contribution in [3.8, 4) is 28.4 Å². The molecule has 5 aromatic rings. The maximum Gasteiger partial charge on any atom is 0.277 e. The second-order valence-corrected chi connectivity index (χ2v) is 8.99. The van der Waals surface area contributed by atoms with Crippen LogP contribution < -0.4 is 14.9 Å². The summed E-state index contributed by atoms with van der Waals surface area (Å²) >= 11 is 5.95. The van der Waals surface area contributed by atoms with Gasteiger partial charge in [0, 0.05) is 22.3 Å². The maximum absolute atomic E-state index is 12.3. The number of rotatable bonds is 10. The van der Waals surface area contributed by atoms with Crippen LogP contribution in [0.2, 0.25) is 5.02 Å². The van der Waals surface area contributed by atoms with Crippen molar-refractivity contribution in [2.75, 3.05) is 6.61 Å². The molecule has 0 bridgehead atoms. The molecule has 1 heterocycles. The number of amides is 1. The molecule has 7 nitrogen and oxygen atoms in total. The molecular weight excluding hydrogens is 512 g/mol. The van der Waals surface area contributed by atoms with E-state index in [1.807, 2.05) is 91.1 Å². The minimum Gasteiger partial charge on any atom is -0.489 e. The summed E-state index contributed by atoms with van der Waals surface area (Å²) in [4.78, 5) is 12.3. The summed E-state index contributed by atoms with van der Waals surface area (Å²) in [7, 11) is 0. The van der Waals surface area contributed by atoms with Crippen LogP contribution in [0.25, 0.3) is 16.9 Å². The Morgan fingerprint density at radius 3 is 2.36 bits per heavy atom. The van der Waals surface area contributed by atoms with Gasteiger partial charge in [-0.05, 0) is 60.2 Å². The lowest BCUT2D eigenvalue weighted by atomic mass is 10.1. The number of halogens is 1. The van der Waals surface area contributed by atoms with E-state index >= 15 is 0 Å². The van der Waals surface area contributed by atoms with Crippen molar-refractivity contribution in [3.05, 3.63) is 132 Å². The van der Waals surface area contributed by atoms with Gasteiger partial charge in [0.1, 0.15) is 23.8 Å². The Bertz CT molecular complexity index is 1550. The largest absolute Gasteiger partial charge is 0.489 e. The Hall–Kier alpha value is -4.88. The van der Waals surface area contributed by atoms with Crippen LogP contribution in [0.3, 0.4) is 0 Å². The van der Waals surface area contributed by atoms with Crippen LogP contribution in [0.1, 0.15) is 11.1 Å². The van der Waals surface area contributed by atoms with Crippen LogP contribution in [0.4, 0.5) is 0 Å². The van der Waals surface area contributed by atoms with Crippen molar-refractivity contribution >= 4 is 23.7 Å². The van der Waals surface area contributed by atoms with Gasteiger partial charge >= 0.3 is 0 Å². The first-order valence-corrected chi connectivity index (χ1v) is 12.6. The van der Waals surface area contributed by atoms with Gasteiger partial charge in [-0.2, -0.15) is 10.2 Å². The molecule has 0 saturated carbocycles. The minimum atomic E-state index is -0.400. The van der Waals surface area contributed by atoms with Crippen LogP contribution in [0.5, 0.6) is 11.5 Å². The van der Waals surface area contributed by atoms with Crippen LogP contribution in [-0.4, -0.2) is 28.5 Å². The summed E-state index contributed by atoms with van der Waals surface area (Å²) in [5.41, 5.74) is 6.82. The third kappa shape index (κ3) is 7.12. The molecule has 5 rings (SSSR count). The molecule has 1 aromatic heterocycles. The number of aromatic nitrogens is 2. The Balaban J connectivity index is 1.29. The molecule has 0 saturated heterocycles. The molecule has 0 aliphatic carbocycles. The van der Waals surface area contributed by atoms with Gasteiger partial charge < -0.3 is 9.47 Å². The number of para-hydroxylation sites is 1. The standard InChI is InChI=1S/C31H25ClN4O3/c32-26-10-7-13-29(18-26)39-22-30(37)34-33-19-25-20-36(27-11-5-2-6-12-27)35-31(25)24-14-16-28(17-15-24)38-21-23-8-3-1-4-9-23/h1-20H,21-22H2,(H,34,37)/b33-19-. The first-order valence-electron chi connectivity index (χ1n) is 12.3. The average Bonchev–Trinajstić information content (AvgIpc) is 3.40. The van der Waals surface area contributed by atoms with Crippen molar-refractivity contribution in [2.24, 2.45) is 5.10 Å². The number of carbonyl (C=O) groups is 1. The highest BCUT2D eigenvalue weighted by Crippen LogP contribution is 2.25. The first kappa shape index (κ1) is 25.8. The smallest absolute Gasteiger partial charge is 0.277 e. The molecule has 39 heavy (non-hydrogen) atoms. The summed E-state index contributed by atoms with van der Waals surface area (Å²) < 4.78 is 13.2. The highest BCUT2D eigenvalue weighted by Gasteiger charge is 2.12. The Labute approximate surface area is 231 Å². The average molecular weight is 537 g/mol. The van der Waals surface area contributed by atoms with E-state index in [1.54, 1.807) is 35.2 Å². The molecule has 0 aliphatic rings. The zero-order valence-electron chi connectivity index (χ0n) is 20.9. The van der Waals surface area contributed by atoms with Gasteiger partial charge in [-0.3, -0.25) is 4.79 Å². The van der Waals surface area contributed by atoms with Gasteiger partial charge in [0.05, 0.1) is 11.9 Å². The monoisotopic (exact) mass is 536 g/mol. The number of hydrazone groups is 1. The Morgan fingerprint density at radius 1 is 0.872 bits per heavy atom. The van der Waals surface area contributed by atoms with Crippen molar-refractivity contribution in [1.82, 2.24) is 15.2 Å². The SMILES string of the molecule is O=C(COc1cccc(Cl)c1)N/N=C\c1cn(-c2ccccc2)nc1-c1ccc(OCc2ccccc2)cc1. The van der Waals surface area contributed by atoms with Crippen molar-refractivity contribution in [2.45, 2.75) is 6.61 Å². The quantitative estimate of drug-likeness (QED) is 0.168. The number of carbonyl (C=O) groups excluding carboxylic acids is 1. The molecule has 4 aromatic carbocycles. The normalized spacial score (nSPS) is 10.9. The second-order valence-electron chi connectivity index (χ2n) is 8.55. The van der Waals surface area contributed by atoms with Gasteiger partial charge in [-0.25, -0.2) is 10.1 Å². The first-order chi connectivity index (χ1) is 19.1. The number of benzene rings is 4. The van der Waals surface area contributed by atoms with E-state index in [-0.39, 0.29) is 6.61 Å². The molecule has 0 radical (unpaired) electrons. The molecule has 0 spiro atoms. The zero-order chi connectivity index (χ0) is 26.9. The number of nitrogens with one attached hydrogen (secondary N) is 1. The highest BCUT2D eigenvalue weighted by molar-refractivity contribution is 6.30. The van der Waals surface area contributed by atoms with E-state index in [9.17, 15) is 4.79 Å². The lowest BCUT2D eigenvalue weighted by Gasteiger charge is -2.07. The predicted molar refractivity (Wildman–Crippen MR) is 152 cm³/mol. The van der Waals surface area contributed by atoms with Crippen molar-refractivity contribution < 1.29 is 14.3 Å². The molecular formula is C31H25ClN4O3. The predicted octanol–water partition coefficient (Wildman–Crippen LogP) is 6.30. The Morgan fingerprint density at radius 2 is 1.62 bits per heavy atom. The van der Waals surface area contributed by atoms with Crippen LogP contribution in [0, 0.1) is 0 Å². The number of hydrogen-bond acceptors (Lipinski definition) is 5. The van der Waals surface area contributed by atoms with Crippen molar-refractivity contribution in [3.63, 3.8) is 0 Å². The molecule has 0 fully saturated rings. The van der Waals surface area contributed by atoms with Gasteiger partial charge in [0.2, 0.25) is 0 Å². The van der Waals surface area contributed by atoms with E-state index < -0.39 is 5.91 Å². The molecule has 0 atom stereocenters. The van der Waals surface area contributed by atoms with Crippen LogP contribution in [0.15, 0.2) is 120 Å². The fourth-order valence-electron chi connectivity index (χ4n) is 3.78. The van der Waals surface area contributed by atoms with Gasteiger partial charge in [0.25, 0.3) is 5.91 Å². The summed E-state index contributed by atoms with van der Waals surface area (Å²) in [6, 6.07) is 34.4. The summed E-state index contributed by atoms with van der Waals surface area (Å²) in [5.74, 6) is 0.861. The van der Waals surface area contributed by atoms with E-state index in [0.717, 1.165) is 28.1 Å². The molecule has 1 N–H and O–H groups in total. The summed E-state index contributed by atoms with van der Waals surface area (Å²) in [6.45, 7) is 0.291. The fraction of sp³-hybridized carbons (Fsp3) is 0.0645. The van der Waals surface area contributed by atoms with E-state index in [4.69, 9.17) is 26.2 Å². The van der Waals surface area contributed by atoms with Gasteiger partial charge in [0.15, 0.2) is 6.61 Å². The Kier molecular flexibility index (Phi) is 8.31. The second kappa shape index (κ2) is 12.6. The topological polar surface area (TPSA) is 77.7 Å². The molecule has 0 aliphatic heterocycles. The maximum atomic E-state index is 12.3. The third-order valence-electron chi connectivity index (χ3n) is 5.70. The number of nitrogens with zero attached hydrogens (tertiary/aromatic N) is 3. The third-order valence-corrected chi connectivity index (χ3v) is 5.93. The molecule has 0 unspecified atom stereocenters. The van der Waals surface area contributed by atoms with Crippen LogP contribution >= 0.6 is 11.6 Å². The van der Waals surface area contributed by atoms with E-state index in [1.165, 1.54) is 0 Å². The number of hydrogen-bond donors (Lipinski definition) is 1. The van der Waals surface area contributed by atoms with Gasteiger partial charge in [-0.15, -0.1) is 0 Å². The molecule has 194 valence electrons.